The normalized spacial score (nSPS) is 19.1. The monoisotopic (exact) mass is 264 g/mol. The summed E-state index contributed by atoms with van der Waals surface area (Å²) in [5.41, 5.74) is 6.94. The summed E-state index contributed by atoms with van der Waals surface area (Å²) in [6.07, 6.45) is 1.74. The summed E-state index contributed by atoms with van der Waals surface area (Å²) in [4.78, 5) is 20.5. The van der Waals surface area contributed by atoms with Crippen LogP contribution in [0.5, 0.6) is 0 Å². The molecule has 1 aromatic rings. The molecule has 1 unspecified atom stereocenters. The predicted octanol–water partition coefficient (Wildman–Crippen LogP) is 0.926. The minimum absolute atomic E-state index is 0.164. The van der Waals surface area contributed by atoms with Crippen molar-refractivity contribution in [3.8, 4) is 0 Å². The molecule has 1 aliphatic heterocycles. The van der Waals surface area contributed by atoms with Crippen molar-refractivity contribution in [2.24, 2.45) is 5.73 Å². The Balaban J connectivity index is 0.000000191. The van der Waals surface area contributed by atoms with Gasteiger partial charge in [-0.2, -0.15) is 0 Å². The molecule has 2 atom stereocenters. The molecule has 1 amide bonds. The van der Waals surface area contributed by atoms with E-state index < -0.39 is 12.0 Å². The highest BCUT2D eigenvalue weighted by molar-refractivity contribution is 5.87. The zero-order valence-corrected chi connectivity index (χ0v) is 11.0. The Morgan fingerprint density at radius 2 is 2.11 bits per heavy atom. The molecule has 104 valence electrons. The van der Waals surface area contributed by atoms with Crippen LogP contribution < -0.4 is 11.1 Å². The van der Waals surface area contributed by atoms with Gasteiger partial charge >= 0.3 is 5.97 Å². The number of hydrogen-bond donors (Lipinski definition) is 3. The van der Waals surface area contributed by atoms with E-state index in [0.717, 1.165) is 6.42 Å². The maximum Gasteiger partial charge on any atom is 0.326 e. The van der Waals surface area contributed by atoms with Crippen molar-refractivity contribution in [1.82, 2.24) is 5.32 Å². The molecule has 1 aliphatic rings. The van der Waals surface area contributed by atoms with Crippen molar-refractivity contribution in [2.45, 2.75) is 38.3 Å². The van der Waals surface area contributed by atoms with Gasteiger partial charge in [0.25, 0.3) is 0 Å². The Kier molecular flexibility index (Phi) is 6.02. The molecule has 1 aromatic carbocycles. The van der Waals surface area contributed by atoms with Gasteiger partial charge in [-0.15, -0.1) is 0 Å². The fraction of sp³-hybridized carbons (Fsp3) is 0.429. The van der Waals surface area contributed by atoms with E-state index in [-0.39, 0.29) is 11.9 Å². The topological polar surface area (TPSA) is 92.4 Å². The molecule has 4 N–H and O–H groups in total. The van der Waals surface area contributed by atoms with Gasteiger partial charge in [-0.25, -0.2) is 4.79 Å². The molecule has 0 radical (unpaired) electrons. The fourth-order valence-corrected chi connectivity index (χ4v) is 1.79. The van der Waals surface area contributed by atoms with Gasteiger partial charge < -0.3 is 16.2 Å². The van der Waals surface area contributed by atoms with Gasteiger partial charge in [0, 0.05) is 12.5 Å². The van der Waals surface area contributed by atoms with Crippen LogP contribution in [0, 0.1) is 0 Å². The lowest BCUT2D eigenvalue weighted by molar-refractivity contribution is -0.140. The Labute approximate surface area is 112 Å². The van der Waals surface area contributed by atoms with Crippen molar-refractivity contribution < 1.29 is 14.7 Å². The number of nitrogens with two attached hydrogens (primary N) is 1. The van der Waals surface area contributed by atoms with Crippen LogP contribution in [0.4, 0.5) is 0 Å². The van der Waals surface area contributed by atoms with Gasteiger partial charge in [0.05, 0.1) is 0 Å². The van der Waals surface area contributed by atoms with Crippen molar-refractivity contribution in [3.05, 3.63) is 35.9 Å². The molecule has 0 spiro atoms. The molecule has 1 fully saturated rings. The third-order valence-electron chi connectivity index (χ3n) is 2.69. The first-order valence-electron chi connectivity index (χ1n) is 6.30. The predicted molar refractivity (Wildman–Crippen MR) is 72.6 cm³/mol. The first-order valence-corrected chi connectivity index (χ1v) is 6.30. The first kappa shape index (κ1) is 15.2. The molecule has 5 heteroatoms. The third kappa shape index (κ3) is 6.01. The number of aliphatic carboxylic acids is 1. The van der Waals surface area contributed by atoms with Crippen LogP contribution in [0.1, 0.15) is 25.3 Å². The summed E-state index contributed by atoms with van der Waals surface area (Å²) in [6.45, 7) is 2.02. The number of amides is 1. The second kappa shape index (κ2) is 7.53. The van der Waals surface area contributed by atoms with E-state index in [4.69, 9.17) is 10.8 Å². The van der Waals surface area contributed by atoms with Gasteiger partial charge in [0.2, 0.25) is 5.91 Å². The Morgan fingerprint density at radius 1 is 1.47 bits per heavy atom. The van der Waals surface area contributed by atoms with E-state index in [1.807, 2.05) is 25.1 Å². The lowest BCUT2D eigenvalue weighted by atomic mass is 10.1. The first-order chi connectivity index (χ1) is 8.99. The number of hydrogen-bond acceptors (Lipinski definition) is 3. The van der Waals surface area contributed by atoms with Crippen molar-refractivity contribution in [2.75, 3.05) is 0 Å². The maximum absolute atomic E-state index is 10.4. The van der Waals surface area contributed by atoms with E-state index in [9.17, 15) is 9.59 Å². The highest BCUT2D eigenvalue weighted by atomic mass is 16.4. The van der Waals surface area contributed by atoms with Crippen LogP contribution in [-0.4, -0.2) is 29.1 Å². The van der Waals surface area contributed by atoms with Gasteiger partial charge in [0.15, 0.2) is 0 Å². The number of carboxylic acids is 1. The molecular formula is C14H20N2O3. The molecule has 2 rings (SSSR count). The van der Waals surface area contributed by atoms with Crippen molar-refractivity contribution in [1.29, 1.82) is 0 Å². The number of rotatable bonds is 3. The smallest absolute Gasteiger partial charge is 0.326 e. The van der Waals surface area contributed by atoms with Crippen LogP contribution in [0.25, 0.3) is 0 Å². The van der Waals surface area contributed by atoms with Crippen LogP contribution >= 0.6 is 0 Å². The summed E-state index contributed by atoms with van der Waals surface area (Å²) in [5.74, 6) is -1.11. The van der Waals surface area contributed by atoms with Crippen LogP contribution in [0.15, 0.2) is 30.3 Å². The summed E-state index contributed by atoms with van der Waals surface area (Å²) < 4.78 is 0. The summed E-state index contributed by atoms with van der Waals surface area (Å²) in [6, 6.07) is 9.92. The molecule has 19 heavy (non-hydrogen) atoms. The number of nitrogens with one attached hydrogen (secondary N) is 1. The molecule has 0 aliphatic carbocycles. The Bertz CT molecular complexity index is 418. The second-order valence-corrected chi connectivity index (χ2v) is 4.66. The number of carboxylic acid groups (broad SMARTS) is 1. The Morgan fingerprint density at radius 3 is 2.47 bits per heavy atom. The SMILES string of the molecule is CC(N)Cc1ccccc1.O=C1CC[C@@H](C(=O)O)N1. The number of benzene rings is 1. The molecule has 0 saturated carbocycles. The molecule has 5 nitrogen and oxygen atoms in total. The summed E-state index contributed by atoms with van der Waals surface area (Å²) >= 11 is 0. The zero-order chi connectivity index (χ0) is 14.3. The molecule has 0 bridgehead atoms. The van der Waals surface area contributed by atoms with Gasteiger partial charge in [-0.1, -0.05) is 30.3 Å². The number of carbonyl (C=O) groups excluding carboxylic acids is 1. The third-order valence-corrected chi connectivity index (χ3v) is 2.69. The van der Waals surface area contributed by atoms with Gasteiger partial charge in [-0.05, 0) is 25.3 Å². The lowest BCUT2D eigenvalue weighted by Crippen LogP contribution is -2.32. The van der Waals surface area contributed by atoms with Crippen molar-refractivity contribution in [3.63, 3.8) is 0 Å². The molecule has 1 saturated heterocycles. The average Bonchev–Trinajstić information content (AvgIpc) is 2.77. The maximum atomic E-state index is 10.4. The summed E-state index contributed by atoms with van der Waals surface area (Å²) in [5, 5.41) is 10.6. The largest absolute Gasteiger partial charge is 0.480 e. The molecule has 1 heterocycles. The van der Waals surface area contributed by atoms with Crippen LogP contribution in [0.2, 0.25) is 0 Å². The van der Waals surface area contributed by atoms with E-state index in [0.29, 0.717) is 12.8 Å². The van der Waals surface area contributed by atoms with E-state index in [1.54, 1.807) is 0 Å². The molecular weight excluding hydrogens is 244 g/mol. The van der Waals surface area contributed by atoms with Crippen molar-refractivity contribution >= 4 is 11.9 Å². The van der Waals surface area contributed by atoms with Crippen LogP contribution in [0.3, 0.4) is 0 Å². The fourth-order valence-electron chi connectivity index (χ4n) is 1.79. The highest BCUT2D eigenvalue weighted by Gasteiger charge is 2.26. The lowest BCUT2D eigenvalue weighted by Gasteiger charge is -2.02. The average molecular weight is 264 g/mol. The minimum atomic E-state index is -0.944. The number of carbonyl (C=O) groups is 2. The summed E-state index contributed by atoms with van der Waals surface area (Å²) in [7, 11) is 0. The van der Waals surface area contributed by atoms with Gasteiger partial charge in [0.1, 0.15) is 6.04 Å². The minimum Gasteiger partial charge on any atom is -0.480 e. The highest BCUT2D eigenvalue weighted by Crippen LogP contribution is 2.05. The van der Waals surface area contributed by atoms with E-state index in [2.05, 4.69) is 17.4 Å². The van der Waals surface area contributed by atoms with E-state index >= 15 is 0 Å². The molecule has 0 aromatic heterocycles. The van der Waals surface area contributed by atoms with Crippen LogP contribution in [-0.2, 0) is 16.0 Å². The van der Waals surface area contributed by atoms with E-state index in [1.165, 1.54) is 5.56 Å². The standard InChI is InChI=1S/C9H13N.C5H7NO3/c1-8(10)7-9-5-3-2-4-6-9;7-4-2-1-3(6-4)5(8)9/h2-6,8H,7,10H2,1H3;3H,1-2H2,(H,6,7)(H,8,9)/t;3-/m.0/s1. The Hall–Kier alpha value is -1.88. The second-order valence-electron chi connectivity index (χ2n) is 4.66. The zero-order valence-electron chi connectivity index (χ0n) is 11.0. The van der Waals surface area contributed by atoms with Gasteiger partial charge in [-0.3, -0.25) is 4.79 Å². The quantitative estimate of drug-likeness (QED) is 0.757.